The second kappa shape index (κ2) is 6.29. The lowest BCUT2D eigenvalue weighted by molar-refractivity contribution is -0.310. The number of amides is 2. The zero-order chi connectivity index (χ0) is 18.4. The molecule has 26 heavy (non-hydrogen) atoms. The zero-order valence-electron chi connectivity index (χ0n) is 13.8. The van der Waals surface area contributed by atoms with Gasteiger partial charge in [-0.3, -0.25) is 14.5 Å². The number of para-hydroxylation sites is 1. The number of carbonyl (C=O) groups excluding carboxylic acids is 3. The molecule has 134 valence electrons. The van der Waals surface area contributed by atoms with Crippen LogP contribution in [0, 0.1) is 11.8 Å². The topological polar surface area (TPSA) is 93.3 Å². The van der Waals surface area contributed by atoms with Gasteiger partial charge in [-0.1, -0.05) is 35.9 Å². The Balaban J connectivity index is 1.63. The number of aromatic nitrogens is 1. The van der Waals surface area contributed by atoms with Crippen LogP contribution in [-0.2, 0) is 20.8 Å². The van der Waals surface area contributed by atoms with Gasteiger partial charge in [0.05, 0.1) is 23.8 Å². The number of nitrogens with one attached hydrogen (secondary N) is 1. The number of carbonyl (C=O) groups is 3. The molecule has 4 rings (SSSR count). The van der Waals surface area contributed by atoms with Crippen molar-refractivity contribution in [2.24, 2.45) is 11.8 Å². The van der Waals surface area contributed by atoms with Crippen LogP contribution in [0.2, 0.25) is 0 Å². The van der Waals surface area contributed by atoms with Crippen molar-refractivity contribution in [3.63, 3.8) is 0 Å². The standard InChI is InChI=1S/C19H17ClN2O4/c20-11-5-6-13-14(8-11)18(24)22(17(13)23)16(19(25)26)9-12-7-10-3-1-2-4-15(10)21-12/h1-5,7,13-14,16,21H,6,8-9H2,(H,25,26)/p-1/t13-,14+,16+/m1/s1. The van der Waals surface area contributed by atoms with Gasteiger partial charge in [-0.2, -0.15) is 0 Å². The highest BCUT2D eigenvalue weighted by Gasteiger charge is 2.50. The minimum Gasteiger partial charge on any atom is -0.548 e. The maximum absolute atomic E-state index is 12.7. The largest absolute Gasteiger partial charge is 0.548 e. The summed E-state index contributed by atoms with van der Waals surface area (Å²) in [6.07, 6.45) is 2.34. The fraction of sp³-hybridized carbons (Fsp3) is 0.316. The average molecular weight is 372 g/mol. The van der Waals surface area contributed by atoms with Gasteiger partial charge >= 0.3 is 0 Å². The molecule has 0 radical (unpaired) electrons. The summed E-state index contributed by atoms with van der Waals surface area (Å²) in [5.41, 5.74) is 1.50. The monoisotopic (exact) mass is 371 g/mol. The van der Waals surface area contributed by atoms with Crippen LogP contribution >= 0.6 is 11.6 Å². The number of carboxylic acid groups (broad SMARTS) is 1. The number of H-pyrrole nitrogens is 1. The number of aliphatic carboxylic acids is 1. The maximum Gasteiger partial charge on any atom is 0.234 e. The van der Waals surface area contributed by atoms with Crippen molar-refractivity contribution in [3.8, 4) is 0 Å². The van der Waals surface area contributed by atoms with Crippen LogP contribution in [0.4, 0.5) is 0 Å². The smallest absolute Gasteiger partial charge is 0.234 e. The number of benzene rings is 1. The summed E-state index contributed by atoms with van der Waals surface area (Å²) < 4.78 is 0. The summed E-state index contributed by atoms with van der Waals surface area (Å²) in [5, 5.41) is 13.2. The second-order valence-electron chi connectivity index (χ2n) is 6.77. The van der Waals surface area contributed by atoms with E-state index in [-0.39, 0.29) is 12.8 Å². The summed E-state index contributed by atoms with van der Waals surface area (Å²) in [7, 11) is 0. The van der Waals surface area contributed by atoms with Crippen LogP contribution in [0.25, 0.3) is 10.9 Å². The molecule has 2 heterocycles. The minimum absolute atomic E-state index is 0.0188. The average Bonchev–Trinajstić information content (AvgIpc) is 3.12. The molecule has 1 aliphatic heterocycles. The SMILES string of the molecule is O=C([O-])[C@H](Cc1cc2ccccc2[nH]1)N1C(=O)[C@H]2CC(Cl)=CC[C@H]2C1=O. The van der Waals surface area contributed by atoms with Crippen molar-refractivity contribution in [2.45, 2.75) is 25.3 Å². The molecule has 1 saturated heterocycles. The Kier molecular flexibility index (Phi) is 4.07. The number of halogens is 1. The molecule has 2 aliphatic rings. The lowest BCUT2D eigenvalue weighted by Crippen LogP contribution is -2.52. The Bertz CT molecular complexity index is 915. The van der Waals surface area contributed by atoms with Gasteiger partial charge in [-0.05, 0) is 30.4 Å². The normalized spacial score (nSPS) is 23.9. The molecule has 1 fully saturated rings. The first-order chi connectivity index (χ1) is 12.5. The fourth-order valence-electron chi connectivity index (χ4n) is 3.89. The third-order valence-corrected chi connectivity index (χ3v) is 5.49. The summed E-state index contributed by atoms with van der Waals surface area (Å²) in [5.74, 6) is -3.48. The minimum atomic E-state index is -1.44. The first-order valence-corrected chi connectivity index (χ1v) is 8.82. The van der Waals surface area contributed by atoms with Gasteiger partial charge in [-0.15, -0.1) is 0 Å². The maximum atomic E-state index is 12.7. The van der Waals surface area contributed by atoms with Gasteiger partial charge in [0.25, 0.3) is 0 Å². The van der Waals surface area contributed by atoms with Crippen LogP contribution in [0.1, 0.15) is 18.5 Å². The molecule has 1 aliphatic carbocycles. The highest BCUT2D eigenvalue weighted by atomic mass is 35.5. The Morgan fingerprint density at radius 2 is 2.00 bits per heavy atom. The van der Waals surface area contributed by atoms with Crippen molar-refractivity contribution >= 4 is 40.3 Å². The van der Waals surface area contributed by atoms with Crippen LogP contribution in [0.5, 0.6) is 0 Å². The Labute approximate surface area is 154 Å². The molecule has 2 amide bonds. The third kappa shape index (κ3) is 2.70. The number of allylic oxidation sites excluding steroid dienone is 2. The van der Waals surface area contributed by atoms with E-state index < -0.39 is 35.7 Å². The molecule has 2 aromatic rings. The molecule has 1 aromatic heterocycles. The predicted molar refractivity (Wildman–Crippen MR) is 92.8 cm³/mol. The number of rotatable bonds is 4. The number of likely N-dealkylation sites (tertiary alicyclic amines) is 1. The van der Waals surface area contributed by atoms with E-state index in [1.165, 1.54) is 0 Å². The van der Waals surface area contributed by atoms with Crippen molar-refractivity contribution in [2.75, 3.05) is 0 Å². The van der Waals surface area contributed by atoms with Gasteiger partial charge in [0, 0.05) is 22.7 Å². The first kappa shape index (κ1) is 16.8. The quantitative estimate of drug-likeness (QED) is 0.821. The lowest BCUT2D eigenvalue weighted by Gasteiger charge is -2.27. The number of fused-ring (bicyclic) bond motifs is 2. The summed E-state index contributed by atoms with van der Waals surface area (Å²) >= 11 is 6.01. The van der Waals surface area contributed by atoms with Gasteiger partial charge in [0.2, 0.25) is 11.8 Å². The van der Waals surface area contributed by atoms with E-state index in [0.29, 0.717) is 17.1 Å². The van der Waals surface area contributed by atoms with E-state index in [2.05, 4.69) is 4.98 Å². The van der Waals surface area contributed by atoms with E-state index in [1.54, 1.807) is 6.08 Å². The predicted octanol–water partition coefficient (Wildman–Crippen LogP) is 1.35. The molecule has 0 saturated carbocycles. The molecule has 3 atom stereocenters. The molecular weight excluding hydrogens is 356 g/mol. The Hall–Kier alpha value is -2.60. The molecule has 0 spiro atoms. The number of carboxylic acids is 1. The van der Waals surface area contributed by atoms with Crippen molar-refractivity contribution in [1.29, 1.82) is 0 Å². The molecule has 0 bridgehead atoms. The second-order valence-corrected chi connectivity index (χ2v) is 7.26. The number of imide groups is 1. The highest BCUT2D eigenvalue weighted by molar-refractivity contribution is 6.30. The molecule has 1 N–H and O–H groups in total. The number of hydrogen-bond donors (Lipinski definition) is 1. The van der Waals surface area contributed by atoms with Crippen LogP contribution in [0.3, 0.4) is 0 Å². The fourth-order valence-corrected chi connectivity index (χ4v) is 4.15. The molecular formula is C19H16ClN2O4-. The molecule has 1 aromatic carbocycles. The van der Waals surface area contributed by atoms with Crippen LogP contribution < -0.4 is 5.11 Å². The van der Waals surface area contributed by atoms with Gasteiger partial charge in [0.15, 0.2) is 0 Å². The number of aromatic amines is 1. The first-order valence-electron chi connectivity index (χ1n) is 8.44. The van der Waals surface area contributed by atoms with E-state index in [4.69, 9.17) is 11.6 Å². The lowest BCUT2D eigenvalue weighted by atomic mass is 9.85. The zero-order valence-corrected chi connectivity index (χ0v) is 14.5. The van der Waals surface area contributed by atoms with E-state index in [0.717, 1.165) is 15.8 Å². The van der Waals surface area contributed by atoms with Crippen molar-refractivity contribution in [1.82, 2.24) is 9.88 Å². The van der Waals surface area contributed by atoms with Gasteiger partial charge < -0.3 is 14.9 Å². The van der Waals surface area contributed by atoms with Gasteiger partial charge in [-0.25, -0.2) is 0 Å². The van der Waals surface area contributed by atoms with Crippen LogP contribution in [-0.4, -0.2) is 33.7 Å². The van der Waals surface area contributed by atoms with E-state index in [1.807, 2.05) is 30.3 Å². The van der Waals surface area contributed by atoms with Crippen molar-refractivity contribution < 1.29 is 19.5 Å². The summed E-state index contributed by atoms with van der Waals surface area (Å²) in [6, 6.07) is 8.01. The Morgan fingerprint density at radius 1 is 1.27 bits per heavy atom. The molecule has 6 nitrogen and oxygen atoms in total. The van der Waals surface area contributed by atoms with Crippen LogP contribution in [0.15, 0.2) is 41.4 Å². The van der Waals surface area contributed by atoms with E-state index >= 15 is 0 Å². The molecule has 7 heteroatoms. The Morgan fingerprint density at radius 3 is 2.73 bits per heavy atom. The van der Waals surface area contributed by atoms with E-state index in [9.17, 15) is 19.5 Å². The molecule has 0 unspecified atom stereocenters. The van der Waals surface area contributed by atoms with Crippen molar-refractivity contribution in [3.05, 3.63) is 47.1 Å². The summed E-state index contributed by atoms with van der Waals surface area (Å²) in [6.45, 7) is 0. The third-order valence-electron chi connectivity index (χ3n) is 5.19. The van der Waals surface area contributed by atoms with Gasteiger partial charge in [0.1, 0.15) is 0 Å². The number of hydrogen-bond acceptors (Lipinski definition) is 4. The highest BCUT2D eigenvalue weighted by Crippen LogP contribution is 2.40. The summed E-state index contributed by atoms with van der Waals surface area (Å²) in [4.78, 5) is 41.2. The number of nitrogens with zero attached hydrogens (tertiary/aromatic N) is 1.